The number of nitrogens with zero attached hydrogens (tertiary/aromatic N) is 3. The number of thiazole rings is 1. The van der Waals surface area contributed by atoms with Crippen LogP contribution in [0.3, 0.4) is 0 Å². The molecule has 1 N–H and O–H groups in total. The fraction of sp³-hybridized carbons (Fsp3) is 0.556. The number of fused-ring (bicyclic) bond motifs is 1. The van der Waals surface area contributed by atoms with Crippen LogP contribution in [0.15, 0.2) is 9.98 Å². The van der Waals surface area contributed by atoms with Gasteiger partial charge < -0.3 is 15.1 Å². The van der Waals surface area contributed by atoms with E-state index in [-0.39, 0.29) is 6.03 Å². The van der Waals surface area contributed by atoms with Gasteiger partial charge in [-0.05, 0) is 15.9 Å². The van der Waals surface area contributed by atoms with E-state index in [9.17, 15) is 4.79 Å². The topological polar surface area (TPSA) is 48.5 Å². The molecule has 2 aliphatic heterocycles. The molecular formula is C9H11BrN4OS. The minimum atomic E-state index is 0.0740. The van der Waals surface area contributed by atoms with E-state index in [1.807, 2.05) is 10.3 Å². The Morgan fingerprint density at radius 1 is 1.56 bits per heavy atom. The van der Waals surface area contributed by atoms with E-state index in [0.717, 1.165) is 35.9 Å². The zero-order valence-corrected chi connectivity index (χ0v) is 10.9. The molecule has 0 radical (unpaired) electrons. The summed E-state index contributed by atoms with van der Waals surface area (Å²) < 4.78 is 0.885. The fourth-order valence-electron chi connectivity index (χ4n) is 2.17. The summed E-state index contributed by atoms with van der Waals surface area (Å²) in [6.07, 6.45) is 0. The lowest BCUT2D eigenvalue weighted by Gasteiger charge is -2.36. The Labute approximate surface area is 106 Å². The first-order valence-electron chi connectivity index (χ1n) is 5.14. The number of hydrogen-bond donors (Lipinski definition) is 1. The quantitative estimate of drug-likeness (QED) is 0.846. The molecule has 1 aromatic heterocycles. The van der Waals surface area contributed by atoms with Crippen molar-refractivity contribution in [2.24, 2.45) is 0 Å². The molecule has 1 unspecified atom stereocenters. The molecule has 7 heteroatoms. The first kappa shape index (κ1) is 10.3. The maximum Gasteiger partial charge on any atom is 0.317 e. The summed E-state index contributed by atoms with van der Waals surface area (Å²) in [4.78, 5) is 20.0. The molecule has 16 heavy (non-hydrogen) atoms. The first-order chi connectivity index (χ1) is 7.74. The average Bonchev–Trinajstić information content (AvgIpc) is 2.86. The van der Waals surface area contributed by atoms with Crippen molar-refractivity contribution in [2.45, 2.75) is 6.04 Å². The molecule has 2 saturated heterocycles. The van der Waals surface area contributed by atoms with Crippen molar-refractivity contribution in [1.82, 2.24) is 15.2 Å². The van der Waals surface area contributed by atoms with Gasteiger partial charge in [0.1, 0.15) is 4.60 Å². The smallest absolute Gasteiger partial charge is 0.317 e. The third-order valence-electron chi connectivity index (χ3n) is 2.97. The summed E-state index contributed by atoms with van der Waals surface area (Å²) in [5.41, 5.74) is 0. The second kappa shape index (κ2) is 3.89. The van der Waals surface area contributed by atoms with Crippen LogP contribution in [0.4, 0.5) is 9.93 Å². The van der Waals surface area contributed by atoms with Crippen LogP contribution in [-0.4, -0.2) is 48.1 Å². The molecule has 0 bridgehead atoms. The normalized spacial score (nSPS) is 24.6. The van der Waals surface area contributed by atoms with Gasteiger partial charge in [-0.2, -0.15) is 0 Å². The van der Waals surface area contributed by atoms with E-state index in [2.05, 4.69) is 31.1 Å². The molecule has 3 rings (SSSR count). The van der Waals surface area contributed by atoms with Gasteiger partial charge >= 0.3 is 6.03 Å². The van der Waals surface area contributed by atoms with E-state index < -0.39 is 0 Å². The lowest BCUT2D eigenvalue weighted by Crippen LogP contribution is -2.52. The predicted molar refractivity (Wildman–Crippen MR) is 65.9 cm³/mol. The van der Waals surface area contributed by atoms with Crippen molar-refractivity contribution in [3.05, 3.63) is 9.98 Å². The standard InChI is InChI=1S/C9H11BrN4OS/c10-7-5-16-9(12-7)13-1-2-14-6(4-13)3-11-8(14)15/h5-6H,1-4H2,(H,11,15). The average molecular weight is 303 g/mol. The highest BCUT2D eigenvalue weighted by Crippen LogP contribution is 2.26. The Kier molecular flexibility index (Phi) is 2.51. The largest absolute Gasteiger partial charge is 0.344 e. The summed E-state index contributed by atoms with van der Waals surface area (Å²) in [5, 5.41) is 5.89. The SMILES string of the molecule is O=C1NCC2CN(c3nc(Br)cs3)CCN12. The molecule has 2 aliphatic rings. The number of carbonyl (C=O) groups is 1. The molecule has 86 valence electrons. The number of nitrogens with one attached hydrogen (secondary N) is 1. The second-order valence-electron chi connectivity index (χ2n) is 3.93. The lowest BCUT2D eigenvalue weighted by atomic mass is 10.2. The Balaban J connectivity index is 1.75. The Hall–Kier alpha value is -0.820. The van der Waals surface area contributed by atoms with Crippen LogP contribution in [0.25, 0.3) is 0 Å². The van der Waals surface area contributed by atoms with Crippen molar-refractivity contribution >= 4 is 38.4 Å². The lowest BCUT2D eigenvalue weighted by molar-refractivity contribution is 0.197. The number of urea groups is 1. The van der Waals surface area contributed by atoms with Gasteiger partial charge in [0.05, 0.1) is 6.04 Å². The van der Waals surface area contributed by atoms with Crippen LogP contribution in [-0.2, 0) is 0 Å². The van der Waals surface area contributed by atoms with Crippen LogP contribution < -0.4 is 10.2 Å². The van der Waals surface area contributed by atoms with E-state index in [1.54, 1.807) is 11.3 Å². The molecular weight excluding hydrogens is 292 g/mol. The zero-order valence-electron chi connectivity index (χ0n) is 8.52. The van der Waals surface area contributed by atoms with Crippen molar-refractivity contribution in [2.75, 3.05) is 31.1 Å². The summed E-state index contributed by atoms with van der Waals surface area (Å²) >= 11 is 5.00. The third-order valence-corrected chi connectivity index (χ3v) is 4.58. The molecule has 0 saturated carbocycles. The molecule has 0 aliphatic carbocycles. The van der Waals surface area contributed by atoms with Crippen LogP contribution in [0, 0.1) is 0 Å². The molecule has 2 fully saturated rings. The van der Waals surface area contributed by atoms with Gasteiger partial charge in [-0.1, -0.05) is 0 Å². The van der Waals surface area contributed by atoms with Gasteiger partial charge in [0.25, 0.3) is 0 Å². The van der Waals surface area contributed by atoms with Gasteiger partial charge in [0.2, 0.25) is 0 Å². The number of aromatic nitrogens is 1. The monoisotopic (exact) mass is 302 g/mol. The molecule has 0 spiro atoms. The van der Waals surface area contributed by atoms with Gasteiger partial charge in [-0.25, -0.2) is 9.78 Å². The highest BCUT2D eigenvalue weighted by Gasteiger charge is 2.35. The minimum absolute atomic E-state index is 0.0740. The third kappa shape index (κ3) is 1.67. The van der Waals surface area contributed by atoms with Crippen LogP contribution in [0.2, 0.25) is 0 Å². The van der Waals surface area contributed by atoms with Gasteiger partial charge in [0.15, 0.2) is 5.13 Å². The van der Waals surface area contributed by atoms with Crippen molar-refractivity contribution in [1.29, 1.82) is 0 Å². The number of amides is 2. The highest BCUT2D eigenvalue weighted by molar-refractivity contribution is 9.10. The van der Waals surface area contributed by atoms with Crippen LogP contribution in [0.5, 0.6) is 0 Å². The maximum absolute atomic E-state index is 11.4. The Morgan fingerprint density at radius 3 is 3.19 bits per heavy atom. The minimum Gasteiger partial charge on any atom is -0.344 e. The highest BCUT2D eigenvalue weighted by atomic mass is 79.9. The van der Waals surface area contributed by atoms with Crippen LogP contribution >= 0.6 is 27.3 Å². The Bertz CT molecular complexity index is 423. The summed E-state index contributed by atoms with van der Waals surface area (Å²) in [5.74, 6) is 0. The number of rotatable bonds is 1. The fourth-order valence-corrected chi connectivity index (χ4v) is 3.46. The number of piperazine rings is 1. The summed E-state index contributed by atoms with van der Waals surface area (Å²) in [7, 11) is 0. The predicted octanol–water partition coefficient (Wildman–Crippen LogP) is 1.12. The molecule has 0 aromatic carbocycles. The van der Waals surface area contributed by atoms with Gasteiger partial charge in [0, 0.05) is 31.6 Å². The van der Waals surface area contributed by atoms with Gasteiger partial charge in [-0.3, -0.25) is 0 Å². The molecule has 1 aromatic rings. The van der Waals surface area contributed by atoms with E-state index in [1.165, 1.54) is 0 Å². The molecule has 1 atom stereocenters. The van der Waals surface area contributed by atoms with Crippen molar-refractivity contribution in [3.8, 4) is 0 Å². The van der Waals surface area contributed by atoms with Crippen molar-refractivity contribution in [3.63, 3.8) is 0 Å². The first-order valence-corrected chi connectivity index (χ1v) is 6.82. The van der Waals surface area contributed by atoms with E-state index in [4.69, 9.17) is 0 Å². The van der Waals surface area contributed by atoms with E-state index >= 15 is 0 Å². The molecule has 2 amide bonds. The molecule has 3 heterocycles. The zero-order chi connectivity index (χ0) is 11.1. The maximum atomic E-state index is 11.4. The second-order valence-corrected chi connectivity index (χ2v) is 5.58. The van der Waals surface area contributed by atoms with Gasteiger partial charge in [-0.15, -0.1) is 11.3 Å². The number of carbonyl (C=O) groups excluding carboxylic acids is 1. The van der Waals surface area contributed by atoms with E-state index in [0.29, 0.717) is 6.04 Å². The number of halogens is 1. The summed E-state index contributed by atoms with van der Waals surface area (Å²) in [6, 6.07) is 0.369. The van der Waals surface area contributed by atoms with Crippen molar-refractivity contribution < 1.29 is 4.79 Å². The summed E-state index contributed by atoms with van der Waals surface area (Å²) in [6.45, 7) is 3.28. The van der Waals surface area contributed by atoms with Crippen LogP contribution in [0.1, 0.15) is 0 Å². The Morgan fingerprint density at radius 2 is 2.44 bits per heavy atom. The number of anilines is 1. The number of hydrogen-bond acceptors (Lipinski definition) is 4. The molecule has 5 nitrogen and oxygen atoms in total.